The van der Waals surface area contributed by atoms with Gasteiger partial charge in [0, 0.05) is 6.07 Å². The summed E-state index contributed by atoms with van der Waals surface area (Å²) in [4.78, 5) is 22.6. The molecule has 0 unspecified atom stereocenters. The van der Waals surface area contributed by atoms with E-state index in [0.717, 1.165) is 11.3 Å². The number of aromatic nitrogens is 2. The first-order valence-corrected chi connectivity index (χ1v) is 5.89. The van der Waals surface area contributed by atoms with Crippen molar-refractivity contribution in [2.75, 3.05) is 0 Å². The third-order valence-electron chi connectivity index (χ3n) is 2.97. The summed E-state index contributed by atoms with van der Waals surface area (Å²) in [5.41, 5.74) is 1.64. The lowest BCUT2D eigenvalue weighted by molar-refractivity contribution is 0.0697. The minimum absolute atomic E-state index is 0.180. The molecule has 0 aliphatic heterocycles. The van der Waals surface area contributed by atoms with Gasteiger partial charge >= 0.3 is 5.97 Å². The second kappa shape index (κ2) is 5.06. The number of hydrogen-bond acceptors (Lipinski definition) is 3. The molecule has 2 aromatic rings. The predicted molar refractivity (Wildman–Crippen MR) is 70.4 cm³/mol. The highest BCUT2D eigenvalue weighted by molar-refractivity contribution is 5.87. The molecule has 0 aliphatic carbocycles. The van der Waals surface area contributed by atoms with E-state index in [4.69, 9.17) is 5.11 Å². The molecule has 0 aliphatic rings. The van der Waals surface area contributed by atoms with E-state index < -0.39 is 5.97 Å². The van der Waals surface area contributed by atoms with E-state index in [0.29, 0.717) is 0 Å². The number of carboxylic acid groups (broad SMARTS) is 1. The van der Waals surface area contributed by atoms with E-state index in [1.807, 2.05) is 13.8 Å². The molecule has 98 valence electrons. The second-order valence-corrected chi connectivity index (χ2v) is 4.36. The summed E-state index contributed by atoms with van der Waals surface area (Å²) < 4.78 is 1.39. The van der Waals surface area contributed by atoms with Crippen LogP contribution in [-0.4, -0.2) is 20.9 Å². The first-order valence-electron chi connectivity index (χ1n) is 5.89. The van der Waals surface area contributed by atoms with Gasteiger partial charge in [-0.15, -0.1) is 0 Å². The van der Waals surface area contributed by atoms with Gasteiger partial charge in [0.25, 0.3) is 5.56 Å². The fraction of sp³-hybridized carbons (Fsp3) is 0.214. The molecule has 0 fully saturated rings. The van der Waals surface area contributed by atoms with E-state index in [1.165, 1.54) is 22.9 Å². The van der Waals surface area contributed by atoms with Gasteiger partial charge in [-0.25, -0.2) is 9.48 Å². The number of aromatic carboxylic acids is 1. The summed E-state index contributed by atoms with van der Waals surface area (Å²) >= 11 is 0. The molecule has 0 bridgehead atoms. The van der Waals surface area contributed by atoms with Crippen molar-refractivity contribution in [1.29, 1.82) is 0 Å². The molecule has 0 spiro atoms. The topological polar surface area (TPSA) is 72.2 Å². The number of rotatable bonds is 3. The number of carboxylic acids is 1. The van der Waals surface area contributed by atoms with Gasteiger partial charge < -0.3 is 5.11 Å². The number of hydrogen-bond donors (Lipinski definition) is 1. The monoisotopic (exact) mass is 258 g/mol. The van der Waals surface area contributed by atoms with E-state index in [2.05, 4.69) is 5.10 Å². The molecule has 0 saturated carbocycles. The molecule has 1 atom stereocenters. The third kappa shape index (κ3) is 2.70. The fourth-order valence-corrected chi connectivity index (χ4v) is 1.84. The van der Waals surface area contributed by atoms with Crippen LogP contribution in [0.4, 0.5) is 0 Å². The average Bonchev–Trinajstić information content (AvgIpc) is 2.41. The van der Waals surface area contributed by atoms with Gasteiger partial charge in [0.15, 0.2) is 0 Å². The van der Waals surface area contributed by atoms with Crippen LogP contribution in [0.15, 0.2) is 41.2 Å². The predicted octanol–water partition coefficient (Wildman–Crippen LogP) is 1.86. The largest absolute Gasteiger partial charge is 0.478 e. The highest BCUT2D eigenvalue weighted by atomic mass is 16.4. The summed E-state index contributed by atoms with van der Waals surface area (Å²) in [6.45, 7) is 3.67. The smallest absolute Gasteiger partial charge is 0.335 e. The zero-order chi connectivity index (χ0) is 14.0. The molecule has 1 heterocycles. The lowest BCUT2D eigenvalue weighted by atomic mass is 10.1. The van der Waals surface area contributed by atoms with E-state index in [1.54, 1.807) is 18.2 Å². The first kappa shape index (κ1) is 13.0. The minimum Gasteiger partial charge on any atom is -0.478 e. The van der Waals surface area contributed by atoms with Gasteiger partial charge in [-0.1, -0.05) is 12.1 Å². The van der Waals surface area contributed by atoms with Gasteiger partial charge in [-0.2, -0.15) is 5.10 Å². The number of nitrogens with zero attached hydrogens (tertiary/aromatic N) is 2. The Kier molecular flexibility index (Phi) is 3.46. The Morgan fingerprint density at radius 3 is 2.42 bits per heavy atom. The highest BCUT2D eigenvalue weighted by Crippen LogP contribution is 2.16. The summed E-state index contributed by atoms with van der Waals surface area (Å²) in [6.07, 6.45) is 0. The fourth-order valence-electron chi connectivity index (χ4n) is 1.84. The second-order valence-electron chi connectivity index (χ2n) is 4.36. The van der Waals surface area contributed by atoms with Crippen LogP contribution in [0.1, 0.15) is 34.6 Å². The molecule has 0 saturated heterocycles. The Balaban J connectivity index is 2.38. The first-order chi connectivity index (χ1) is 8.99. The maximum atomic E-state index is 11.8. The molecule has 1 N–H and O–H groups in total. The third-order valence-corrected chi connectivity index (χ3v) is 2.97. The van der Waals surface area contributed by atoms with Crippen LogP contribution in [-0.2, 0) is 0 Å². The van der Waals surface area contributed by atoms with Crippen LogP contribution in [0, 0.1) is 6.92 Å². The molecule has 0 amide bonds. The summed E-state index contributed by atoms with van der Waals surface area (Å²) in [6, 6.07) is 9.35. The normalized spacial score (nSPS) is 12.1. The standard InChI is InChI=1S/C14H14N2O3/c1-9-3-8-13(17)16(15-9)10(2)11-4-6-12(7-5-11)14(18)19/h3-8,10H,1-2H3,(H,18,19)/t10-/m0/s1. The number of benzene rings is 1. The Morgan fingerprint density at radius 1 is 1.21 bits per heavy atom. The molecular weight excluding hydrogens is 244 g/mol. The van der Waals surface area contributed by atoms with Crippen LogP contribution in [0.5, 0.6) is 0 Å². The zero-order valence-corrected chi connectivity index (χ0v) is 10.7. The van der Waals surface area contributed by atoms with Gasteiger partial charge in [-0.05, 0) is 37.6 Å². The van der Waals surface area contributed by atoms with Crippen LogP contribution in [0.2, 0.25) is 0 Å². The molecule has 2 rings (SSSR count). The van der Waals surface area contributed by atoms with E-state index in [9.17, 15) is 9.59 Å². The van der Waals surface area contributed by atoms with Crippen LogP contribution in [0.3, 0.4) is 0 Å². The molecular formula is C14H14N2O3. The molecule has 1 aromatic carbocycles. The van der Waals surface area contributed by atoms with E-state index >= 15 is 0 Å². The van der Waals surface area contributed by atoms with Crippen LogP contribution in [0.25, 0.3) is 0 Å². The summed E-state index contributed by atoms with van der Waals surface area (Å²) in [5, 5.41) is 13.0. The van der Waals surface area contributed by atoms with Crippen LogP contribution < -0.4 is 5.56 Å². The summed E-state index contributed by atoms with van der Waals surface area (Å²) in [5.74, 6) is -0.968. The van der Waals surface area contributed by atoms with Crippen molar-refractivity contribution in [3.8, 4) is 0 Å². The molecule has 5 heteroatoms. The molecule has 1 aromatic heterocycles. The Labute approximate surface area is 110 Å². The van der Waals surface area contributed by atoms with Gasteiger partial charge in [0.1, 0.15) is 0 Å². The molecule has 19 heavy (non-hydrogen) atoms. The Morgan fingerprint density at radius 2 is 1.84 bits per heavy atom. The van der Waals surface area contributed by atoms with Gasteiger partial charge in [-0.3, -0.25) is 4.79 Å². The number of aryl methyl sites for hydroxylation is 1. The van der Waals surface area contributed by atoms with Crippen molar-refractivity contribution in [1.82, 2.24) is 9.78 Å². The van der Waals surface area contributed by atoms with Crippen molar-refractivity contribution in [3.63, 3.8) is 0 Å². The quantitative estimate of drug-likeness (QED) is 0.912. The van der Waals surface area contributed by atoms with Crippen LogP contribution >= 0.6 is 0 Å². The van der Waals surface area contributed by atoms with Crippen molar-refractivity contribution >= 4 is 5.97 Å². The Bertz CT molecular complexity index is 659. The highest BCUT2D eigenvalue weighted by Gasteiger charge is 2.11. The van der Waals surface area contributed by atoms with Gasteiger partial charge in [0.2, 0.25) is 0 Å². The zero-order valence-electron chi connectivity index (χ0n) is 10.7. The van der Waals surface area contributed by atoms with Gasteiger partial charge in [0.05, 0.1) is 17.3 Å². The average molecular weight is 258 g/mol. The maximum Gasteiger partial charge on any atom is 0.335 e. The lowest BCUT2D eigenvalue weighted by Gasteiger charge is -2.14. The SMILES string of the molecule is Cc1ccc(=O)n([C@@H](C)c2ccc(C(=O)O)cc2)n1. The number of carbonyl (C=O) groups is 1. The molecule has 5 nitrogen and oxygen atoms in total. The summed E-state index contributed by atoms with van der Waals surface area (Å²) in [7, 11) is 0. The minimum atomic E-state index is -0.968. The maximum absolute atomic E-state index is 11.8. The van der Waals surface area contributed by atoms with Crippen molar-refractivity contribution < 1.29 is 9.90 Å². The Hall–Kier alpha value is -2.43. The van der Waals surface area contributed by atoms with Crippen molar-refractivity contribution in [3.05, 3.63) is 63.6 Å². The van der Waals surface area contributed by atoms with E-state index in [-0.39, 0.29) is 17.2 Å². The molecule has 0 radical (unpaired) electrons. The lowest BCUT2D eigenvalue weighted by Crippen LogP contribution is -2.26. The van der Waals surface area contributed by atoms with Crippen molar-refractivity contribution in [2.45, 2.75) is 19.9 Å². The van der Waals surface area contributed by atoms with Crippen molar-refractivity contribution in [2.24, 2.45) is 0 Å².